The topological polar surface area (TPSA) is 41.5 Å². The molecule has 0 saturated heterocycles. The fourth-order valence-electron chi connectivity index (χ4n) is 2.19. The first kappa shape index (κ1) is 13.7. The van der Waals surface area contributed by atoms with E-state index in [4.69, 9.17) is 4.74 Å². The Balaban J connectivity index is 2.06. The molecule has 3 heteroatoms. The average Bonchev–Trinajstić information content (AvgIpc) is 2.27. The van der Waals surface area contributed by atoms with Crippen LogP contribution in [-0.2, 0) is 4.74 Å². The number of nitrogens with one attached hydrogen (secondary N) is 1. The van der Waals surface area contributed by atoms with E-state index in [1.807, 2.05) is 0 Å². The van der Waals surface area contributed by atoms with E-state index in [0.717, 1.165) is 25.3 Å². The summed E-state index contributed by atoms with van der Waals surface area (Å²) in [6, 6.07) is 0. The van der Waals surface area contributed by atoms with Gasteiger partial charge in [0.25, 0.3) is 0 Å². The van der Waals surface area contributed by atoms with Gasteiger partial charge in [-0.15, -0.1) is 6.58 Å². The van der Waals surface area contributed by atoms with Gasteiger partial charge in [-0.1, -0.05) is 25.8 Å². The van der Waals surface area contributed by atoms with E-state index in [1.54, 1.807) is 6.08 Å². The van der Waals surface area contributed by atoms with E-state index in [9.17, 15) is 5.11 Å². The van der Waals surface area contributed by atoms with Crippen LogP contribution in [0.5, 0.6) is 0 Å². The molecule has 3 atom stereocenters. The minimum Gasteiger partial charge on any atom is -0.389 e. The lowest BCUT2D eigenvalue weighted by Crippen LogP contribution is -2.33. The van der Waals surface area contributed by atoms with Gasteiger partial charge in [0, 0.05) is 13.1 Å². The Kier molecular flexibility index (Phi) is 6.69. The molecule has 0 radical (unpaired) electrons. The van der Waals surface area contributed by atoms with Crippen molar-refractivity contribution in [1.29, 1.82) is 0 Å². The number of hydrogen-bond acceptors (Lipinski definition) is 3. The summed E-state index contributed by atoms with van der Waals surface area (Å²) >= 11 is 0. The van der Waals surface area contributed by atoms with Gasteiger partial charge in [-0.3, -0.25) is 0 Å². The molecule has 1 aliphatic rings. The van der Waals surface area contributed by atoms with Crippen molar-refractivity contribution >= 4 is 0 Å². The van der Waals surface area contributed by atoms with Crippen LogP contribution in [0.3, 0.4) is 0 Å². The third-order valence-corrected chi connectivity index (χ3v) is 3.08. The summed E-state index contributed by atoms with van der Waals surface area (Å²) in [4.78, 5) is 0. The van der Waals surface area contributed by atoms with Crippen molar-refractivity contribution in [3.63, 3.8) is 0 Å². The number of ether oxygens (including phenoxy) is 1. The lowest BCUT2D eigenvalue weighted by molar-refractivity contribution is -0.0303. The zero-order chi connectivity index (χ0) is 11.8. The lowest BCUT2D eigenvalue weighted by atomic mass is 9.89. The van der Waals surface area contributed by atoms with Crippen molar-refractivity contribution in [3.05, 3.63) is 12.7 Å². The molecule has 94 valence electrons. The SMILES string of the molecule is C=CCNCC(O)COC1CCCC(C)C1. The van der Waals surface area contributed by atoms with Crippen molar-refractivity contribution < 1.29 is 9.84 Å². The Morgan fingerprint density at radius 3 is 3.06 bits per heavy atom. The lowest BCUT2D eigenvalue weighted by Gasteiger charge is -2.27. The Morgan fingerprint density at radius 2 is 2.38 bits per heavy atom. The smallest absolute Gasteiger partial charge is 0.0897 e. The second-order valence-electron chi connectivity index (χ2n) is 4.83. The molecule has 0 heterocycles. The Labute approximate surface area is 98.9 Å². The molecule has 3 unspecified atom stereocenters. The van der Waals surface area contributed by atoms with Crippen molar-refractivity contribution in [3.8, 4) is 0 Å². The summed E-state index contributed by atoms with van der Waals surface area (Å²) < 4.78 is 5.73. The highest BCUT2D eigenvalue weighted by Gasteiger charge is 2.19. The predicted molar refractivity (Wildman–Crippen MR) is 66.4 cm³/mol. The summed E-state index contributed by atoms with van der Waals surface area (Å²) in [5.41, 5.74) is 0. The quantitative estimate of drug-likeness (QED) is 0.514. The molecule has 3 nitrogen and oxygen atoms in total. The normalized spacial score (nSPS) is 27.6. The first-order valence-corrected chi connectivity index (χ1v) is 6.33. The molecular formula is C13H25NO2. The fourth-order valence-corrected chi connectivity index (χ4v) is 2.19. The second kappa shape index (κ2) is 7.82. The maximum Gasteiger partial charge on any atom is 0.0897 e. The molecule has 1 aliphatic carbocycles. The molecule has 0 aromatic carbocycles. The van der Waals surface area contributed by atoms with Crippen LogP contribution < -0.4 is 5.32 Å². The number of aliphatic hydroxyl groups is 1. The number of aliphatic hydroxyl groups excluding tert-OH is 1. The van der Waals surface area contributed by atoms with Crippen LogP contribution in [0.4, 0.5) is 0 Å². The van der Waals surface area contributed by atoms with Crippen molar-refractivity contribution in [2.75, 3.05) is 19.7 Å². The minimum absolute atomic E-state index is 0.359. The van der Waals surface area contributed by atoms with Crippen LogP contribution in [0.1, 0.15) is 32.6 Å². The Hall–Kier alpha value is -0.380. The van der Waals surface area contributed by atoms with E-state index in [2.05, 4.69) is 18.8 Å². The average molecular weight is 227 g/mol. The Morgan fingerprint density at radius 1 is 1.56 bits per heavy atom. The summed E-state index contributed by atoms with van der Waals surface area (Å²) in [5.74, 6) is 0.773. The highest BCUT2D eigenvalue weighted by atomic mass is 16.5. The van der Waals surface area contributed by atoms with Gasteiger partial charge in [-0.25, -0.2) is 0 Å². The summed E-state index contributed by atoms with van der Waals surface area (Å²) in [6.45, 7) is 7.64. The molecule has 2 N–H and O–H groups in total. The number of rotatable bonds is 7. The minimum atomic E-state index is -0.405. The maximum atomic E-state index is 9.65. The van der Waals surface area contributed by atoms with E-state index >= 15 is 0 Å². The molecule has 0 bridgehead atoms. The molecular weight excluding hydrogens is 202 g/mol. The third kappa shape index (κ3) is 5.64. The van der Waals surface area contributed by atoms with E-state index in [1.165, 1.54) is 12.8 Å². The molecule has 16 heavy (non-hydrogen) atoms. The highest BCUT2D eigenvalue weighted by Crippen LogP contribution is 2.25. The highest BCUT2D eigenvalue weighted by molar-refractivity contribution is 4.73. The second-order valence-corrected chi connectivity index (χ2v) is 4.83. The van der Waals surface area contributed by atoms with Gasteiger partial charge in [0.1, 0.15) is 0 Å². The molecule has 1 fully saturated rings. The van der Waals surface area contributed by atoms with E-state index in [-0.39, 0.29) is 0 Å². The van der Waals surface area contributed by atoms with Gasteiger partial charge in [-0.05, 0) is 18.8 Å². The standard InChI is InChI=1S/C13H25NO2/c1-3-7-14-9-12(15)10-16-13-6-4-5-11(2)8-13/h3,11-15H,1,4-10H2,2H3. The van der Waals surface area contributed by atoms with Crippen LogP contribution in [0.25, 0.3) is 0 Å². The Bertz CT molecular complexity index is 196. The first-order valence-electron chi connectivity index (χ1n) is 6.33. The fraction of sp³-hybridized carbons (Fsp3) is 0.846. The maximum absolute atomic E-state index is 9.65. The molecule has 0 aromatic rings. The van der Waals surface area contributed by atoms with Crippen LogP contribution in [-0.4, -0.2) is 37.0 Å². The van der Waals surface area contributed by atoms with Crippen LogP contribution in [0.2, 0.25) is 0 Å². The largest absolute Gasteiger partial charge is 0.389 e. The van der Waals surface area contributed by atoms with Gasteiger partial charge in [0.15, 0.2) is 0 Å². The van der Waals surface area contributed by atoms with Crippen LogP contribution >= 0.6 is 0 Å². The molecule has 0 amide bonds. The molecule has 1 rings (SSSR count). The number of hydrogen-bond donors (Lipinski definition) is 2. The van der Waals surface area contributed by atoms with Gasteiger partial charge < -0.3 is 15.2 Å². The van der Waals surface area contributed by atoms with Crippen molar-refractivity contribution in [2.24, 2.45) is 5.92 Å². The van der Waals surface area contributed by atoms with E-state index < -0.39 is 6.10 Å². The van der Waals surface area contributed by atoms with Gasteiger partial charge >= 0.3 is 0 Å². The molecule has 1 saturated carbocycles. The summed E-state index contributed by atoms with van der Waals surface area (Å²) in [6.07, 6.45) is 6.62. The monoisotopic (exact) mass is 227 g/mol. The zero-order valence-electron chi connectivity index (χ0n) is 10.3. The zero-order valence-corrected chi connectivity index (χ0v) is 10.3. The van der Waals surface area contributed by atoms with Crippen LogP contribution in [0.15, 0.2) is 12.7 Å². The van der Waals surface area contributed by atoms with Crippen molar-refractivity contribution in [2.45, 2.75) is 44.8 Å². The summed E-state index contributed by atoms with van der Waals surface area (Å²) in [5, 5.41) is 12.7. The van der Waals surface area contributed by atoms with Gasteiger partial charge in [0.2, 0.25) is 0 Å². The summed E-state index contributed by atoms with van der Waals surface area (Å²) in [7, 11) is 0. The predicted octanol–water partition coefficient (Wildman–Crippen LogP) is 1.72. The van der Waals surface area contributed by atoms with Gasteiger partial charge in [-0.2, -0.15) is 0 Å². The molecule has 0 aromatic heterocycles. The third-order valence-electron chi connectivity index (χ3n) is 3.08. The van der Waals surface area contributed by atoms with Crippen LogP contribution in [0, 0.1) is 5.92 Å². The molecule has 0 aliphatic heterocycles. The molecule has 0 spiro atoms. The van der Waals surface area contributed by atoms with Crippen molar-refractivity contribution in [1.82, 2.24) is 5.32 Å². The van der Waals surface area contributed by atoms with E-state index in [0.29, 0.717) is 19.3 Å². The van der Waals surface area contributed by atoms with Gasteiger partial charge in [0.05, 0.1) is 18.8 Å². The first-order chi connectivity index (χ1) is 7.72.